The van der Waals surface area contributed by atoms with Gasteiger partial charge in [-0.25, -0.2) is 5.43 Å². The Kier molecular flexibility index (Phi) is 3.94. The van der Waals surface area contributed by atoms with E-state index in [0.29, 0.717) is 5.92 Å². The first-order valence-corrected chi connectivity index (χ1v) is 8.05. The number of methoxy groups -OCH3 is 1. The Hall–Kier alpha value is -1.84. The van der Waals surface area contributed by atoms with Crippen molar-refractivity contribution in [3.05, 3.63) is 29.8 Å². The van der Waals surface area contributed by atoms with E-state index in [0.717, 1.165) is 17.0 Å². The first kappa shape index (κ1) is 15.1. The van der Waals surface area contributed by atoms with Gasteiger partial charge in [-0.15, -0.1) is 0 Å². The summed E-state index contributed by atoms with van der Waals surface area (Å²) in [5.41, 5.74) is 4.80. The van der Waals surface area contributed by atoms with E-state index < -0.39 is 0 Å². The number of carbonyl (C=O) groups excluding carboxylic acids is 1. The molecule has 0 radical (unpaired) electrons. The van der Waals surface area contributed by atoms with Crippen molar-refractivity contribution in [2.24, 2.45) is 22.4 Å². The summed E-state index contributed by atoms with van der Waals surface area (Å²) >= 11 is 0. The van der Waals surface area contributed by atoms with Gasteiger partial charge in [-0.05, 0) is 60.9 Å². The molecule has 0 aromatic heterocycles. The van der Waals surface area contributed by atoms with Crippen LogP contribution in [0, 0.1) is 17.3 Å². The third-order valence-corrected chi connectivity index (χ3v) is 5.46. The molecule has 0 bridgehead atoms. The summed E-state index contributed by atoms with van der Waals surface area (Å²) < 4.78 is 5.14. The molecule has 1 N–H and O–H groups in total. The zero-order valence-corrected chi connectivity index (χ0v) is 13.6. The zero-order chi connectivity index (χ0) is 15.7. The van der Waals surface area contributed by atoms with Crippen LogP contribution in [0.15, 0.2) is 29.4 Å². The fraction of sp³-hybridized carbons (Fsp3) is 0.556. The van der Waals surface area contributed by atoms with Crippen LogP contribution in [-0.2, 0) is 4.79 Å². The minimum absolute atomic E-state index is 0.0854. The minimum Gasteiger partial charge on any atom is -0.497 e. The Morgan fingerprint density at radius 1 is 1.32 bits per heavy atom. The molecular formula is C18H24N2O2. The van der Waals surface area contributed by atoms with Crippen LogP contribution < -0.4 is 10.2 Å². The minimum atomic E-state index is 0.0854. The lowest BCUT2D eigenvalue weighted by Crippen LogP contribution is -2.23. The second-order valence-electron chi connectivity index (χ2n) is 6.74. The summed E-state index contributed by atoms with van der Waals surface area (Å²) in [6.07, 6.45) is 4.88. The molecule has 1 aromatic carbocycles. The number of hydrazone groups is 1. The molecule has 2 saturated carbocycles. The van der Waals surface area contributed by atoms with Gasteiger partial charge in [0.05, 0.1) is 12.8 Å². The van der Waals surface area contributed by atoms with Gasteiger partial charge in [0.2, 0.25) is 5.91 Å². The van der Waals surface area contributed by atoms with Gasteiger partial charge < -0.3 is 4.74 Å². The molecule has 3 unspecified atom stereocenters. The number of nitrogens with zero attached hydrogens (tertiary/aromatic N) is 1. The standard InChI is InChI=1S/C18H24N2O2/c1-12(13-7-9-14(22-3)10-8-13)19-20-17(21)16-15-6-4-5-11-18(15,16)2/h7-10,15-16H,4-6,11H2,1-3H3,(H,20,21). The summed E-state index contributed by atoms with van der Waals surface area (Å²) in [5, 5.41) is 4.28. The second-order valence-corrected chi connectivity index (χ2v) is 6.74. The van der Waals surface area contributed by atoms with Crippen molar-refractivity contribution >= 4 is 11.6 Å². The lowest BCUT2D eigenvalue weighted by Gasteiger charge is -2.15. The third-order valence-electron chi connectivity index (χ3n) is 5.46. The van der Waals surface area contributed by atoms with Gasteiger partial charge in [0.1, 0.15) is 5.75 Å². The SMILES string of the molecule is COc1ccc(C(C)=NNC(=O)C2C3CCCCC32C)cc1. The Morgan fingerprint density at radius 2 is 2.05 bits per heavy atom. The van der Waals surface area contributed by atoms with Crippen LogP contribution >= 0.6 is 0 Å². The topological polar surface area (TPSA) is 50.7 Å². The van der Waals surface area contributed by atoms with Gasteiger partial charge in [-0.3, -0.25) is 4.79 Å². The van der Waals surface area contributed by atoms with Gasteiger partial charge in [-0.1, -0.05) is 19.8 Å². The second kappa shape index (κ2) is 5.75. The monoisotopic (exact) mass is 300 g/mol. The molecule has 1 aromatic rings. The quantitative estimate of drug-likeness (QED) is 0.684. The van der Waals surface area contributed by atoms with Crippen LogP contribution in [0.25, 0.3) is 0 Å². The lowest BCUT2D eigenvalue weighted by atomic mass is 9.90. The number of hydrogen-bond donors (Lipinski definition) is 1. The number of ether oxygens (including phenoxy) is 1. The van der Waals surface area contributed by atoms with E-state index >= 15 is 0 Å². The first-order chi connectivity index (χ1) is 10.6. The van der Waals surface area contributed by atoms with Crippen LogP contribution in [-0.4, -0.2) is 18.7 Å². The first-order valence-electron chi connectivity index (χ1n) is 8.05. The summed E-state index contributed by atoms with van der Waals surface area (Å²) in [6, 6.07) is 7.68. The molecule has 4 heteroatoms. The molecule has 22 heavy (non-hydrogen) atoms. The average molecular weight is 300 g/mol. The van der Waals surface area contributed by atoms with Crippen molar-refractivity contribution < 1.29 is 9.53 Å². The molecule has 2 aliphatic rings. The Labute approximate surface area is 131 Å². The van der Waals surface area contributed by atoms with E-state index in [1.807, 2.05) is 31.2 Å². The maximum absolute atomic E-state index is 12.4. The van der Waals surface area contributed by atoms with Crippen molar-refractivity contribution in [1.29, 1.82) is 0 Å². The summed E-state index contributed by atoms with van der Waals surface area (Å²) in [5.74, 6) is 1.62. The Morgan fingerprint density at radius 3 is 2.64 bits per heavy atom. The number of fused-ring (bicyclic) bond motifs is 1. The van der Waals surface area contributed by atoms with Crippen molar-refractivity contribution in [2.45, 2.75) is 39.5 Å². The van der Waals surface area contributed by atoms with Crippen LogP contribution in [0.1, 0.15) is 45.1 Å². The van der Waals surface area contributed by atoms with Crippen LogP contribution in [0.2, 0.25) is 0 Å². The highest BCUT2D eigenvalue weighted by molar-refractivity contribution is 5.99. The number of nitrogens with one attached hydrogen (secondary N) is 1. The summed E-state index contributed by atoms with van der Waals surface area (Å²) in [7, 11) is 1.64. The number of carbonyl (C=O) groups is 1. The largest absolute Gasteiger partial charge is 0.497 e. The smallest absolute Gasteiger partial charge is 0.244 e. The summed E-state index contributed by atoms with van der Waals surface area (Å²) in [4.78, 5) is 12.4. The van der Waals surface area contributed by atoms with Crippen molar-refractivity contribution in [3.8, 4) is 5.75 Å². The van der Waals surface area contributed by atoms with Gasteiger partial charge in [0, 0.05) is 5.92 Å². The van der Waals surface area contributed by atoms with E-state index in [4.69, 9.17) is 4.74 Å². The molecule has 2 aliphatic carbocycles. The predicted octanol–water partition coefficient (Wildman–Crippen LogP) is 3.36. The maximum Gasteiger partial charge on any atom is 0.244 e. The van der Waals surface area contributed by atoms with Gasteiger partial charge in [0.25, 0.3) is 0 Å². The molecule has 3 rings (SSSR count). The van der Waals surface area contributed by atoms with E-state index in [2.05, 4.69) is 17.5 Å². The number of hydrogen-bond acceptors (Lipinski definition) is 3. The molecule has 3 atom stereocenters. The van der Waals surface area contributed by atoms with Gasteiger partial charge in [0.15, 0.2) is 0 Å². The fourth-order valence-corrected chi connectivity index (χ4v) is 3.96. The highest BCUT2D eigenvalue weighted by Crippen LogP contribution is 2.66. The Bertz CT molecular complexity index is 594. The molecular weight excluding hydrogens is 276 g/mol. The highest BCUT2D eigenvalue weighted by Gasteiger charge is 2.64. The normalized spacial score (nSPS) is 30.4. The number of rotatable bonds is 4. The van der Waals surface area contributed by atoms with Gasteiger partial charge in [-0.2, -0.15) is 5.10 Å². The number of amides is 1. The predicted molar refractivity (Wildman–Crippen MR) is 86.9 cm³/mol. The number of benzene rings is 1. The molecule has 0 spiro atoms. The average Bonchev–Trinajstić information content (AvgIpc) is 3.18. The Balaban J connectivity index is 1.62. The van der Waals surface area contributed by atoms with E-state index in [1.54, 1.807) is 7.11 Å². The molecule has 0 aliphatic heterocycles. The van der Waals surface area contributed by atoms with Crippen LogP contribution in [0.4, 0.5) is 0 Å². The molecule has 1 amide bonds. The molecule has 118 valence electrons. The molecule has 2 fully saturated rings. The fourth-order valence-electron chi connectivity index (χ4n) is 3.96. The lowest BCUT2D eigenvalue weighted by molar-refractivity contribution is -0.123. The molecule has 0 saturated heterocycles. The zero-order valence-electron chi connectivity index (χ0n) is 13.6. The van der Waals surface area contributed by atoms with E-state index in [-0.39, 0.29) is 17.2 Å². The van der Waals surface area contributed by atoms with Crippen molar-refractivity contribution in [3.63, 3.8) is 0 Å². The summed E-state index contributed by atoms with van der Waals surface area (Å²) in [6.45, 7) is 4.16. The van der Waals surface area contributed by atoms with Crippen molar-refractivity contribution in [1.82, 2.24) is 5.43 Å². The van der Waals surface area contributed by atoms with E-state index in [9.17, 15) is 4.79 Å². The van der Waals surface area contributed by atoms with Crippen molar-refractivity contribution in [2.75, 3.05) is 7.11 Å². The third kappa shape index (κ3) is 2.62. The molecule has 0 heterocycles. The highest BCUT2D eigenvalue weighted by atomic mass is 16.5. The van der Waals surface area contributed by atoms with Crippen LogP contribution in [0.3, 0.4) is 0 Å². The van der Waals surface area contributed by atoms with Gasteiger partial charge >= 0.3 is 0 Å². The van der Waals surface area contributed by atoms with E-state index in [1.165, 1.54) is 25.7 Å². The molecule has 4 nitrogen and oxygen atoms in total. The van der Waals surface area contributed by atoms with Crippen LogP contribution in [0.5, 0.6) is 5.75 Å². The maximum atomic E-state index is 12.4.